The van der Waals surface area contributed by atoms with Gasteiger partial charge in [0.15, 0.2) is 23.0 Å². The van der Waals surface area contributed by atoms with E-state index >= 15 is 0 Å². The molecule has 0 spiro atoms. The third kappa shape index (κ3) is 39.7. The minimum absolute atomic E-state index is 0. The Morgan fingerprint density at radius 2 is 0.915 bits per heavy atom. The average molecular weight is 1260 g/mol. The number of hydrogen-bond acceptors (Lipinski definition) is 25. The number of aromatic hydroxyl groups is 2. The van der Waals surface area contributed by atoms with Crippen molar-refractivity contribution in [1.29, 1.82) is 0 Å². The van der Waals surface area contributed by atoms with Crippen molar-refractivity contribution >= 4 is 41.7 Å². The number of ether oxygens (including phenoxy) is 9. The molecule has 0 heterocycles. The molecule has 0 atom stereocenters. The number of nitrogens with one attached hydrogen (secondary N) is 2. The molecule has 2 aromatic carbocycles. The Morgan fingerprint density at radius 3 is 1.35 bits per heavy atom. The Morgan fingerprint density at radius 1 is 0.500 bits per heavy atom. The van der Waals surface area contributed by atoms with Crippen LogP contribution in [-0.2, 0) is 95.1 Å². The molecule has 0 aliphatic heterocycles. The van der Waals surface area contributed by atoms with Crippen LogP contribution in [0, 0.1) is 0 Å². The van der Waals surface area contributed by atoms with E-state index in [-0.39, 0.29) is 195 Å². The van der Waals surface area contributed by atoms with Crippen LogP contribution in [0.15, 0.2) is 30.3 Å². The van der Waals surface area contributed by atoms with Crippen molar-refractivity contribution in [3.63, 3.8) is 0 Å². The summed E-state index contributed by atoms with van der Waals surface area (Å²) in [7, 11) is 0. The summed E-state index contributed by atoms with van der Waals surface area (Å²) < 4.78 is 51.8. The van der Waals surface area contributed by atoms with Gasteiger partial charge in [-0.2, -0.15) is 0 Å². The Kier molecular flexibility index (Phi) is 40.4. The van der Waals surface area contributed by atoms with E-state index in [4.69, 9.17) is 42.6 Å². The number of nitrogens with zero attached hydrogens (tertiary/aromatic N) is 3. The van der Waals surface area contributed by atoms with Crippen molar-refractivity contribution in [1.82, 2.24) is 25.3 Å². The maximum atomic E-state index is 13.5. The van der Waals surface area contributed by atoms with Gasteiger partial charge in [0.1, 0.15) is 13.2 Å². The van der Waals surface area contributed by atoms with E-state index in [1.165, 1.54) is 29.2 Å². The molecule has 2 aromatic rings. The van der Waals surface area contributed by atoms with Gasteiger partial charge >= 0.3 is 35.5 Å². The molecule has 0 saturated carbocycles. The Balaban J connectivity index is 0.0000328. The van der Waals surface area contributed by atoms with E-state index in [2.05, 4.69) is 10.6 Å². The average Bonchev–Trinajstić information content (AvgIpc) is 3.35. The molecule has 0 aromatic heterocycles. The summed E-state index contributed by atoms with van der Waals surface area (Å²) >= 11 is 0. The minimum Gasteiger partial charge on any atom is -0.549 e. The molecule has 459 valence electrons. The van der Waals surface area contributed by atoms with Gasteiger partial charge in [-0.25, -0.2) is 0 Å². The fraction of sp³-hybridized carbons (Fsp3) is 0.642. The first-order valence-corrected chi connectivity index (χ1v) is 26.0. The molecule has 29 heteroatoms. The van der Waals surface area contributed by atoms with E-state index < -0.39 is 74.4 Å². The Bertz CT molecular complexity index is 2160. The van der Waals surface area contributed by atoms with Crippen molar-refractivity contribution in [2.45, 2.75) is 78.6 Å². The number of carboxylic acid groups (broad SMARTS) is 4. The number of carbonyl (C=O) groups excluding carboxylic acids is 7. The summed E-state index contributed by atoms with van der Waals surface area (Å²) in [6.07, 6.45) is -0.334. The first kappa shape index (κ1) is 77.2. The minimum atomic E-state index is -1.59. The second-order valence-corrected chi connectivity index (χ2v) is 19.8. The van der Waals surface area contributed by atoms with Gasteiger partial charge < -0.3 is 103 Å². The SMILES string of the molecule is CC(C)(C)OCCOCCOCCOc1cc(CNC(=O)CN(CCN(CCN(CC(=O)[O-])CC(=O)[O-])CC(=O)[O-])CC(=O)[O-])cc(OCCOCCOCCOC(C)(C)C)c1OC(=O)CCC(=O)NCCc1ccc(O)c(O)c1.[99Tc].[Na+]. The van der Waals surface area contributed by atoms with Gasteiger partial charge in [0, 0.05) is 92.0 Å². The second-order valence-electron chi connectivity index (χ2n) is 19.8. The molecule has 0 fully saturated rings. The van der Waals surface area contributed by atoms with Crippen LogP contribution in [-0.4, -0.2) is 223 Å². The number of aliphatic carboxylic acids is 4. The zero-order valence-electron chi connectivity index (χ0n) is 48.1. The summed E-state index contributed by atoms with van der Waals surface area (Å²) in [5, 5.41) is 70.4. The molecule has 2 rings (SSSR count). The normalized spacial score (nSPS) is 11.4. The number of hydrogen-bond donors (Lipinski definition) is 4. The monoisotopic (exact) mass is 1260 g/mol. The maximum absolute atomic E-state index is 13.5. The summed E-state index contributed by atoms with van der Waals surface area (Å²) in [6, 6.07) is 7.19. The van der Waals surface area contributed by atoms with E-state index in [0.717, 1.165) is 9.80 Å². The van der Waals surface area contributed by atoms with Crippen molar-refractivity contribution in [2.75, 3.05) is 145 Å². The molecular weight excluding hydrogens is 1180 g/mol. The predicted octanol–water partition coefficient (Wildman–Crippen LogP) is -6.88. The largest absolute Gasteiger partial charge is 1.00 e. The number of rotatable bonds is 45. The zero-order chi connectivity index (χ0) is 59.5. The van der Waals surface area contributed by atoms with Gasteiger partial charge in [-0.15, -0.1) is 0 Å². The molecule has 2 amide bonds. The summed E-state index contributed by atoms with van der Waals surface area (Å²) in [6.45, 7) is 9.34. The smallest absolute Gasteiger partial charge is 0.549 e. The van der Waals surface area contributed by atoms with Gasteiger partial charge in [0.2, 0.25) is 17.6 Å². The van der Waals surface area contributed by atoms with Crippen molar-refractivity contribution in [3.8, 4) is 28.7 Å². The molecule has 1 radical (unpaired) electrons. The van der Waals surface area contributed by atoms with E-state index in [9.17, 15) is 64.2 Å². The molecule has 4 N–H and O–H groups in total. The standard InChI is InChI=1S/C53H83N5O22.Na.Tc/c1-52(2,3)78-27-23-74-19-17-72-21-25-76-42-30-39(32-55-45(62)33-57(35-47(65)66)15-13-56(34-46(63)64)14-16-58(36-48(67)68)37-49(69)70)31-43(77-26-22-73-18-20-75-24-28-79-53(4,5)6)51(42)80-50(71)10-9-44(61)54-12-11-38-7-8-40(59)41(60)29-38;;/h7-8,29-31,59-60H,9-28,32-37H2,1-6H3,(H,54,61)(H,55,62)(H,63,64)(H,65,66)(H,67,68)(H,69,70);;/q;+1;/p-4/i;;1+1. The Hall–Kier alpha value is -4.78. The number of benzene rings is 2. The molecule has 0 unspecified atom stereocenters. The van der Waals surface area contributed by atoms with Gasteiger partial charge in [-0.3, -0.25) is 29.1 Å². The first-order valence-electron chi connectivity index (χ1n) is 26.0. The summed E-state index contributed by atoms with van der Waals surface area (Å²) in [4.78, 5) is 88.7. The number of carboxylic acids is 4. The van der Waals surface area contributed by atoms with Crippen LogP contribution < -0.4 is 74.8 Å². The fourth-order valence-corrected chi connectivity index (χ4v) is 6.92. The Labute approximate surface area is 514 Å². The van der Waals surface area contributed by atoms with Crippen LogP contribution in [0.25, 0.3) is 0 Å². The van der Waals surface area contributed by atoms with Crippen LogP contribution in [0.2, 0.25) is 0 Å². The quantitative estimate of drug-likeness (QED) is 0.0157. The van der Waals surface area contributed by atoms with Crippen LogP contribution in [0.4, 0.5) is 0 Å². The summed E-state index contributed by atoms with van der Waals surface area (Å²) in [5.74, 6) is -9.13. The van der Waals surface area contributed by atoms with Crippen molar-refractivity contribution < 1.29 is 156 Å². The third-order valence-electron chi connectivity index (χ3n) is 10.6. The van der Waals surface area contributed by atoms with E-state index in [0.29, 0.717) is 44.0 Å². The van der Waals surface area contributed by atoms with Crippen LogP contribution >= 0.6 is 0 Å². The van der Waals surface area contributed by atoms with Gasteiger partial charge in [-0.1, -0.05) is 6.07 Å². The number of esters is 1. The van der Waals surface area contributed by atoms with Crippen LogP contribution in [0.5, 0.6) is 28.7 Å². The van der Waals surface area contributed by atoms with E-state index in [1.54, 1.807) is 6.07 Å². The zero-order valence-corrected chi connectivity index (χ0v) is 51.9. The molecule has 0 bridgehead atoms. The molecular formula is C53H79N5NaO22Tc-3. The number of amides is 2. The third-order valence-corrected chi connectivity index (χ3v) is 10.6. The van der Waals surface area contributed by atoms with Gasteiger partial charge in [-0.05, 0) is 83.4 Å². The fourth-order valence-electron chi connectivity index (χ4n) is 6.92. The van der Waals surface area contributed by atoms with Crippen molar-refractivity contribution in [3.05, 3.63) is 41.5 Å². The molecule has 0 aliphatic carbocycles. The predicted molar refractivity (Wildman–Crippen MR) is 275 cm³/mol. The van der Waals surface area contributed by atoms with Gasteiger partial charge in [0.25, 0.3) is 0 Å². The molecule has 0 aliphatic rings. The molecule has 0 saturated heterocycles. The van der Waals surface area contributed by atoms with Crippen LogP contribution in [0.3, 0.4) is 0 Å². The second kappa shape index (κ2) is 42.9. The van der Waals surface area contributed by atoms with Crippen LogP contribution in [0.1, 0.15) is 65.5 Å². The number of phenolic OH excluding ortho intramolecular Hbond substituents is 2. The summed E-state index contributed by atoms with van der Waals surface area (Å²) in [5.41, 5.74) is 0.346. The van der Waals surface area contributed by atoms with Crippen molar-refractivity contribution in [2.24, 2.45) is 0 Å². The van der Waals surface area contributed by atoms with Gasteiger partial charge in [0.05, 0.1) is 114 Å². The topological polar surface area (TPSA) is 369 Å². The molecule has 27 nitrogen and oxygen atoms in total. The van der Waals surface area contributed by atoms with E-state index in [1.807, 2.05) is 41.5 Å². The number of phenols is 2. The molecule has 82 heavy (non-hydrogen) atoms. The maximum Gasteiger partial charge on any atom is 1.00 e. The number of carbonyl (C=O) groups is 7. The first-order chi connectivity index (χ1) is 37.8.